The molecule has 178 valence electrons. The molecular weight excluding hydrogens is 534 g/mol. The van der Waals surface area contributed by atoms with Crippen LogP contribution in [0.5, 0.6) is 0 Å². The summed E-state index contributed by atoms with van der Waals surface area (Å²) in [6, 6.07) is 15.3. The van der Waals surface area contributed by atoms with Gasteiger partial charge in [0.25, 0.3) is 11.6 Å². The number of nitrogens with one attached hydrogen (secondary N) is 1. The molecule has 1 amide bonds. The summed E-state index contributed by atoms with van der Waals surface area (Å²) in [4.78, 5) is 28.8. The van der Waals surface area contributed by atoms with Crippen LogP contribution in [0.15, 0.2) is 73.6 Å². The van der Waals surface area contributed by atoms with Crippen LogP contribution < -0.4 is 15.9 Å². The highest BCUT2D eigenvalue weighted by molar-refractivity contribution is 9.10. The van der Waals surface area contributed by atoms with Crippen molar-refractivity contribution in [3.8, 4) is 11.3 Å². The van der Waals surface area contributed by atoms with Gasteiger partial charge in [-0.2, -0.15) is 0 Å². The molecular formula is C24H20BrN5O4S. The number of amidine groups is 1. The molecule has 9 nitrogen and oxygen atoms in total. The number of rotatable bonds is 6. The highest BCUT2D eigenvalue weighted by Gasteiger charge is 2.36. The molecule has 0 radical (unpaired) electrons. The Morgan fingerprint density at radius 2 is 2.09 bits per heavy atom. The van der Waals surface area contributed by atoms with E-state index in [-0.39, 0.29) is 11.6 Å². The Morgan fingerprint density at radius 3 is 2.89 bits per heavy atom. The van der Waals surface area contributed by atoms with Crippen LogP contribution in [0.25, 0.3) is 17.0 Å². The van der Waals surface area contributed by atoms with Crippen LogP contribution in [0.3, 0.4) is 0 Å². The first kappa shape index (κ1) is 23.3. The number of fused-ring (bicyclic) bond motifs is 2. The van der Waals surface area contributed by atoms with Crippen molar-refractivity contribution < 1.29 is 14.1 Å². The predicted molar refractivity (Wildman–Crippen MR) is 137 cm³/mol. The van der Waals surface area contributed by atoms with Crippen molar-refractivity contribution in [3.63, 3.8) is 0 Å². The molecule has 2 aromatic carbocycles. The minimum absolute atomic E-state index is 0.0241. The average Bonchev–Trinajstić information content (AvgIpc) is 3.34. The monoisotopic (exact) mass is 553 g/mol. The molecule has 1 atom stereocenters. The second kappa shape index (κ2) is 9.67. The molecule has 1 aromatic heterocycles. The van der Waals surface area contributed by atoms with E-state index >= 15 is 0 Å². The van der Waals surface area contributed by atoms with E-state index in [1.165, 1.54) is 23.9 Å². The van der Waals surface area contributed by atoms with Crippen LogP contribution in [0, 0.1) is 10.1 Å². The summed E-state index contributed by atoms with van der Waals surface area (Å²) in [5.74, 6) is 1.50. The summed E-state index contributed by atoms with van der Waals surface area (Å²) in [6.45, 7) is 2.11. The summed E-state index contributed by atoms with van der Waals surface area (Å²) in [5.41, 5.74) is 0.934. The lowest BCUT2D eigenvalue weighted by atomic mass is 10.1. The number of hydrazone groups is 1. The summed E-state index contributed by atoms with van der Waals surface area (Å²) in [5, 5.41) is 22.2. The van der Waals surface area contributed by atoms with Gasteiger partial charge in [0.15, 0.2) is 10.9 Å². The Morgan fingerprint density at radius 1 is 1.23 bits per heavy atom. The quantitative estimate of drug-likeness (QED) is 0.276. The standard InChI is InChI=1S/C24H20BrN5O4S/c1-2-3-11-35-24-27-23(31)21-17-13-15(25)7-8-18(17)26-22(29(21)28-24)20-10-9-19(34-20)14-5-4-6-16(12-14)30(32)33/h4-10,12-13,22H,2-3,11H2,1H3,(H,27,28,31)/t22-/m0/s1. The van der Waals surface area contributed by atoms with Crippen LogP contribution in [-0.4, -0.2) is 26.8 Å². The Hall–Kier alpha value is -3.44. The summed E-state index contributed by atoms with van der Waals surface area (Å²) in [7, 11) is 0. The van der Waals surface area contributed by atoms with Crippen molar-refractivity contribution >= 4 is 50.2 Å². The Balaban J connectivity index is 1.59. The van der Waals surface area contributed by atoms with Crippen LogP contribution in [0.1, 0.15) is 31.7 Å². The normalized spacial score (nSPS) is 16.7. The van der Waals surface area contributed by atoms with Crippen molar-refractivity contribution in [2.75, 3.05) is 5.75 Å². The summed E-state index contributed by atoms with van der Waals surface area (Å²) >= 11 is 4.96. The zero-order valence-corrected chi connectivity index (χ0v) is 21.0. The topological polar surface area (TPSA) is 113 Å². The Labute approximate surface area is 212 Å². The first-order chi connectivity index (χ1) is 16.9. The largest absolute Gasteiger partial charge is 0.457 e. The molecule has 0 aliphatic carbocycles. The molecule has 3 heterocycles. The molecule has 1 N–H and O–H groups in total. The van der Waals surface area contributed by atoms with Crippen molar-refractivity contribution in [1.29, 1.82) is 0 Å². The second-order valence-corrected chi connectivity index (χ2v) is 9.93. The van der Waals surface area contributed by atoms with Gasteiger partial charge >= 0.3 is 0 Å². The molecule has 0 unspecified atom stereocenters. The summed E-state index contributed by atoms with van der Waals surface area (Å²) in [6.07, 6.45) is 1.34. The van der Waals surface area contributed by atoms with Gasteiger partial charge in [-0.15, -0.1) is 5.10 Å². The van der Waals surface area contributed by atoms with E-state index in [2.05, 4.69) is 28.2 Å². The molecule has 0 saturated heterocycles. The molecule has 2 aliphatic heterocycles. The van der Waals surface area contributed by atoms with Crippen LogP contribution in [0.4, 0.5) is 5.69 Å². The van der Waals surface area contributed by atoms with Gasteiger partial charge in [-0.3, -0.25) is 20.2 Å². The van der Waals surface area contributed by atoms with Gasteiger partial charge in [0.05, 0.1) is 10.3 Å². The number of hydrogen-bond donors (Lipinski definition) is 1. The third-order valence-corrected chi connectivity index (χ3v) is 6.97. The second-order valence-electron chi connectivity index (χ2n) is 7.93. The highest BCUT2D eigenvalue weighted by Crippen LogP contribution is 2.34. The zero-order valence-electron chi connectivity index (χ0n) is 18.6. The van der Waals surface area contributed by atoms with Crippen molar-refractivity contribution in [1.82, 2.24) is 10.3 Å². The van der Waals surface area contributed by atoms with Crippen molar-refractivity contribution in [3.05, 3.63) is 85.5 Å². The molecule has 0 fully saturated rings. The fourth-order valence-electron chi connectivity index (χ4n) is 3.83. The number of hydrogen-bond acceptors (Lipinski definition) is 8. The molecule has 0 bridgehead atoms. The number of carbonyl (C=O) groups is 1. The average molecular weight is 554 g/mol. The number of non-ortho nitro benzene ring substituents is 1. The Kier molecular flexibility index (Phi) is 6.44. The predicted octanol–water partition coefficient (Wildman–Crippen LogP) is 4.29. The van der Waals surface area contributed by atoms with E-state index in [0.29, 0.717) is 38.5 Å². The van der Waals surface area contributed by atoms with Gasteiger partial charge in [-0.25, -0.2) is 10.0 Å². The Bertz CT molecular complexity index is 1490. The minimum Gasteiger partial charge on any atom is -0.457 e. The van der Waals surface area contributed by atoms with Gasteiger partial charge in [0.1, 0.15) is 11.5 Å². The van der Waals surface area contributed by atoms with Crippen molar-refractivity contribution in [2.24, 2.45) is 10.1 Å². The number of halogens is 1. The van der Waals surface area contributed by atoms with E-state index in [9.17, 15) is 14.9 Å². The third kappa shape index (κ3) is 4.61. The number of nitrogens with zero attached hydrogens (tertiary/aromatic N) is 4. The lowest BCUT2D eigenvalue weighted by Gasteiger charge is -2.32. The molecule has 0 spiro atoms. The maximum absolute atomic E-state index is 13.2. The van der Waals surface area contributed by atoms with Crippen molar-refractivity contribution in [2.45, 2.75) is 25.9 Å². The lowest BCUT2D eigenvalue weighted by molar-refractivity contribution is -0.384. The van der Waals surface area contributed by atoms with Gasteiger partial charge in [-0.1, -0.05) is 53.2 Å². The molecule has 2 aliphatic rings. The SMILES string of the molecule is CCCCSC1=NN2C(=c3cc(Br)ccc3=N[C@@H]2c2ccc(-c3cccc([N+](=O)[O-])c3)o2)C(=O)N1. The number of furan rings is 1. The maximum Gasteiger partial charge on any atom is 0.276 e. The molecule has 0 saturated carbocycles. The molecule has 11 heteroatoms. The molecule has 3 aromatic rings. The fraction of sp³-hybridized carbons (Fsp3) is 0.208. The summed E-state index contributed by atoms with van der Waals surface area (Å²) < 4.78 is 6.93. The maximum atomic E-state index is 13.2. The minimum atomic E-state index is -0.709. The van der Waals surface area contributed by atoms with E-state index < -0.39 is 11.1 Å². The number of carbonyl (C=O) groups excluding carboxylic acids is 1. The first-order valence-electron chi connectivity index (χ1n) is 11.0. The fourth-order valence-corrected chi connectivity index (χ4v) is 5.13. The number of nitro groups is 1. The van der Waals surface area contributed by atoms with Gasteiger partial charge in [0.2, 0.25) is 6.17 Å². The number of nitro benzene ring substituents is 1. The van der Waals surface area contributed by atoms with E-state index in [4.69, 9.17) is 14.5 Å². The number of thioether (sulfide) groups is 1. The van der Waals surface area contributed by atoms with E-state index in [0.717, 1.165) is 23.1 Å². The number of unbranched alkanes of at least 4 members (excludes halogenated alkanes) is 1. The van der Waals surface area contributed by atoms with Crippen LogP contribution in [-0.2, 0) is 4.79 Å². The molecule has 5 rings (SSSR count). The van der Waals surface area contributed by atoms with Gasteiger partial charge in [0, 0.05) is 33.1 Å². The third-order valence-electron chi connectivity index (χ3n) is 5.53. The van der Waals surface area contributed by atoms with Crippen LogP contribution >= 0.6 is 27.7 Å². The number of benzene rings is 2. The van der Waals surface area contributed by atoms with Gasteiger partial charge in [-0.05, 0) is 36.8 Å². The lowest BCUT2D eigenvalue weighted by Crippen LogP contribution is -2.50. The van der Waals surface area contributed by atoms with Gasteiger partial charge < -0.3 is 4.42 Å². The van der Waals surface area contributed by atoms with E-state index in [1.807, 2.05) is 18.2 Å². The number of amides is 1. The smallest absolute Gasteiger partial charge is 0.276 e. The first-order valence-corrected chi connectivity index (χ1v) is 12.8. The van der Waals surface area contributed by atoms with Crippen LogP contribution in [0.2, 0.25) is 0 Å². The molecule has 35 heavy (non-hydrogen) atoms. The highest BCUT2D eigenvalue weighted by atomic mass is 79.9. The van der Waals surface area contributed by atoms with E-state index in [1.54, 1.807) is 29.3 Å². The zero-order chi connectivity index (χ0) is 24.5.